The summed E-state index contributed by atoms with van der Waals surface area (Å²) in [4.78, 5) is 14.6. The summed E-state index contributed by atoms with van der Waals surface area (Å²) in [7, 11) is 0. The minimum atomic E-state index is -0.625. The molecule has 0 spiro atoms. The lowest BCUT2D eigenvalue weighted by Gasteiger charge is -2.34. The summed E-state index contributed by atoms with van der Waals surface area (Å²) in [5.74, 6) is 0.547. The van der Waals surface area contributed by atoms with Crippen LogP contribution < -0.4 is 11.1 Å². The molecular weight excluding hydrogens is 385 g/mol. The molecule has 1 heterocycles. The molecule has 0 radical (unpaired) electrons. The van der Waals surface area contributed by atoms with Gasteiger partial charge in [0.15, 0.2) is 0 Å². The van der Waals surface area contributed by atoms with Crippen molar-refractivity contribution < 1.29 is 9.90 Å². The summed E-state index contributed by atoms with van der Waals surface area (Å²) in [5.41, 5.74) is 6.55. The van der Waals surface area contributed by atoms with Crippen LogP contribution >= 0.6 is 24.8 Å². The molecule has 5 nitrogen and oxygen atoms in total. The highest BCUT2D eigenvalue weighted by molar-refractivity contribution is 5.86. The Kier molecular flexibility index (Phi) is 10.1. The standard InChI is InChI=1S/C20H31N3O2.2ClH/c21-20(10-4-5-11-20)19(25)22-14-16-8-12-23(13-9-16)15-18(24)17-6-2-1-3-7-17;;/h1-3,6-7,16,18,24H,4-5,8-15,21H2,(H,22,25);2*1H. The number of nitrogens with two attached hydrogens (primary N) is 1. The molecule has 1 saturated carbocycles. The number of aliphatic hydroxyl groups is 1. The van der Waals surface area contributed by atoms with E-state index in [4.69, 9.17) is 5.73 Å². The average Bonchev–Trinajstić information content (AvgIpc) is 3.09. The van der Waals surface area contributed by atoms with Crippen molar-refractivity contribution in [1.82, 2.24) is 10.2 Å². The number of carbonyl (C=O) groups excluding carboxylic acids is 1. The van der Waals surface area contributed by atoms with E-state index in [1.165, 1.54) is 0 Å². The molecule has 154 valence electrons. The fourth-order valence-corrected chi connectivity index (χ4v) is 4.04. The Morgan fingerprint density at radius 1 is 1.19 bits per heavy atom. The van der Waals surface area contributed by atoms with Gasteiger partial charge in [0.05, 0.1) is 11.6 Å². The number of hydrogen-bond donors (Lipinski definition) is 3. The molecule has 1 aromatic rings. The normalized spacial score (nSPS) is 21.0. The molecule has 1 unspecified atom stereocenters. The molecule has 3 rings (SSSR count). The summed E-state index contributed by atoms with van der Waals surface area (Å²) >= 11 is 0. The number of rotatable bonds is 6. The second kappa shape index (κ2) is 11.2. The van der Waals surface area contributed by atoms with Gasteiger partial charge in [-0.1, -0.05) is 43.2 Å². The van der Waals surface area contributed by atoms with Crippen molar-refractivity contribution in [2.45, 2.75) is 50.2 Å². The number of nitrogens with zero attached hydrogens (tertiary/aromatic N) is 1. The van der Waals surface area contributed by atoms with Crippen molar-refractivity contribution in [2.24, 2.45) is 11.7 Å². The van der Waals surface area contributed by atoms with Crippen molar-refractivity contribution in [3.05, 3.63) is 35.9 Å². The van der Waals surface area contributed by atoms with Crippen LogP contribution in [0.4, 0.5) is 0 Å². The smallest absolute Gasteiger partial charge is 0.240 e. The fourth-order valence-electron chi connectivity index (χ4n) is 4.04. The summed E-state index contributed by atoms with van der Waals surface area (Å²) in [6.07, 6.45) is 5.43. The van der Waals surface area contributed by atoms with E-state index in [-0.39, 0.29) is 30.7 Å². The van der Waals surface area contributed by atoms with Gasteiger partial charge < -0.3 is 21.1 Å². The molecule has 0 aromatic heterocycles. The Balaban J connectivity index is 0.00000182. The monoisotopic (exact) mass is 417 g/mol. The molecule has 27 heavy (non-hydrogen) atoms. The van der Waals surface area contributed by atoms with Gasteiger partial charge in [0.25, 0.3) is 0 Å². The van der Waals surface area contributed by atoms with Gasteiger partial charge in [0.2, 0.25) is 5.91 Å². The lowest BCUT2D eigenvalue weighted by Crippen LogP contribution is -2.53. The molecule has 1 atom stereocenters. The van der Waals surface area contributed by atoms with Crippen LogP contribution in [-0.2, 0) is 4.79 Å². The first-order valence-electron chi connectivity index (χ1n) is 9.59. The maximum Gasteiger partial charge on any atom is 0.240 e. The van der Waals surface area contributed by atoms with E-state index in [1.54, 1.807) is 0 Å². The molecule has 1 amide bonds. The molecule has 1 aliphatic carbocycles. The van der Waals surface area contributed by atoms with Gasteiger partial charge in [-0.05, 0) is 50.3 Å². The van der Waals surface area contributed by atoms with Crippen molar-refractivity contribution in [1.29, 1.82) is 0 Å². The first-order chi connectivity index (χ1) is 12.1. The Morgan fingerprint density at radius 3 is 2.37 bits per heavy atom. The number of aliphatic hydroxyl groups excluding tert-OH is 1. The minimum absolute atomic E-state index is 0. The SMILES string of the molecule is Cl.Cl.NC1(C(=O)NCC2CCN(CC(O)c3ccccc3)CC2)CCCC1. The fraction of sp³-hybridized carbons (Fsp3) is 0.650. The van der Waals surface area contributed by atoms with Crippen LogP contribution in [0.15, 0.2) is 30.3 Å². The third-order valence-corrected chi connectivity index (χ3v) is 5.82. The number of benzene rings is 1. The van der Waals surface area contributed by atoms with E-state index in [0.717, 1.165) is 63.7 Å². The van der Waals surface area contributed by atoms with E-state index in [0.29, 0.717) is 12.5 Å². The zero-order chi connectivity index (χ0) is 17.7. The Bertz CT molecular complexity index is 560. The van der Waals surface area contributed by atoms with Crippen LogP contribution in [0.3, 0.4) is 0 Å². The highest BCUT2D eigenvalue weighted by Gasteiger charge is 2.37. The summed E-state index contributed by atoms with van der Waals surface area (Å²) in [6.45, 7) is 3.35. The molecule has 1 saturated heterocycles. The maximum atomic E-state index is 12.3. The Hall–Kier alpha value is -0.850. The van der Waals surface area contributed by atoms with Gasteiger partial charge in [0.1, 0.15) is 0 Å². The van der Waals surface area contributed by atoms with Gasteiger partial charge >= 0.3 is 0 Å². The van der Waals surface area contributed by atoms with Gasteiger partial charge in [0, 0.05) is 13.1 Å². The zero-order valence-electron chi connectivity index (χ0n) is 15.8. The van der Waals surface area contributed by atoms with E-state index in [2.05, 4.69) is 10.2 Å². The van der Waals surface area contributed by atoms with Crippen molar-refractivity contribution in [3.63, 3.8) is 0 Å². The highest BCUT2D eigenvalue weighted by Crippen LogP contribution is 2.27. The Morgan fingerprint density at radius 2 is 1.78 bits per heavy atom. The van der Waals surface area contributed by atoms with E-state index in [9.17, 15) is 9.90 Å². The number of carbonyl (C=O) groups is 1. The molecule has 0 bridgehead atoms. The topological polar surface area (TPSA) is 78.6 Å². The molecule has 1 aromatic carbocycles. The number of halogens is 2. The predicted molar refractivity (Wildman–Crippen MR) is 113 cm³/mol. The van der Waals surface area contributed by atoms with Crippen LogP contribution in [0.2, 0.25) is 0 Å². The van der Waals surface area contributed by atoms with Crippen LogP contribution in [-0.4, -0.2) is 47.6 Å². The molecule has 1 aliphatic heterocycles. The van der Waals surface area contributed by atoms with Crippen LogP contribution in [0.5, 0.6) is 0 Å². The number of amides is 1. The highest BCUT2D eigenvalue weighted by atomic mass is 35.5. The van der Waals surface area contributed by atoms with Crippen molar-refractivity contribution >= 4 is 30.7 Å². The van der Waals surface area contributed by atoms with Crippen LogP contribution in [0.1, 0.15) is 50.2 Å². The number of hydrogen-bond acceptors (Lipinski definition) is 4. The van der Waals surface area contributed by atoms with Crippen LogP contribution in [0.25, 0.3) is 0 Å². The third-order valence-electron chi connectivity index (χ3n) is 5.82. The zero-order valence-corrected chi connectivity index (χ0v) is 17.4. The molecule has 4 N–H and O–H groups in total. The van der Waals surface area contributed by atoms with Crippen LogP contribution in [0, 0.1) is 5.92 Å². The van der Waals surface area contributed by atoms with Gasteiger partial charge in [-0.2, -0.15) is 0 Å². The number of nitrogens with one attached hydrogen (secondary N) is 1. The lowest BCUT2D eigenvalue weighted by molar-refractivity contribution is -0.126. The van der Waals surface area contributed by atoms with Crippen molar-refractivity contribution in [3.8, 4) is 0 Å². The molecular formula is C20H33Cl2N3O2. The first kappa shape index (κ1) is 24.2. The quantitative estimate of drug-likeness (QED) is 0.664. The number of β-amino-alcohol motifs (C(OH)–C–C–N with tert-alkyl or cyclic N) is 1. The molecule has 7 heteroatoms. The summed E-state index contributed by atoms with van der Waals surface area (Å²) < 4.78 is 0. The second-order valence-corrected chi connectivity index (χ2v) is 7.74. The van der Waals surface area contributed by atoms with Gasteiger partial charge in [-0.25, -0.2) is 0 Å². The second-order valence-electron chi connectivity index (χ2n) is 7.74. The molecule has 2 aliphatic rings. The van der Waals surface area contributed by atoms with E-state index in [1.807, 2.05) is 30.3 Å². The molecule has 2 fully saturated rings. The number of likely N-dealkylation sites (tertiary alicyclic amines) is 1. The lowest BCUT2D eigenvalue weighted by atomic mass is 9.94. The Labute approximate surface area is 174 Å². The predicted octanol–water partition coefficient (Wildman–Crippen LogP) is 2.66. The minimum Gasteiger partial charge on any atom is -0.387 e. The maximum absolute atomic E-state index is 12.3. The first-order valence-corrected chi connectivity index (χ1v) is 9.59. The third kappa shape index (κ3) is 6.61. The number of piperidine rings is 1. The largest absolute Gasteiger partial charge is 0.387 e. The van der Waals surface area contributed by atoms with Gasteiger partial charge in [-0.15, -0.1) is 24.8 Å². The van der Waals surface area contributed by atoms with Gasteiger partial charge in [-0.3, -0.25) is 4.79 Å². The average molecular weight is 418 g/mol. The van der Waals surface area contributed by atoms with E-state index >= 15 is 0 Å². The summed E-state index contributed by atoms with van der Waals surface area (Å²) in [5, 5.41) is 13.4. The van der Waals surface area contributed by atoms with Crippen molar-refractivity contribution in [2.75, 3.05) is 26.2 Å². The summed E-state index contributed by atoms with van der Waals surface area (Å²) in [6, 6.07) is 9.83. The van der Waals surface area contributed by atoms with E-state index < -0.39 is 11.6 Å².